The van der Waals surface area contributed by atoms with Crippen molar-refractivity contribution in [3.05, 3.63) is 95.5 Å². The van der Waals surface area contributed by atoms with Crippen LogP contribution in [0.4, 0.5) is 63.6 Å². The molecule has 1 amide bonds. The lowest BCUT2D eigenvalue weighted by Crippen LogP contribution is -2.48. The molecule has 8 aromatic rings. The van der Waals surface area contributed by atoms with Crippen molar-refractivity contribution in [3.63, 3.8) is 0 Å². The molecule has 0 bridgehead atoms. The number of carbonyl (C=O) groups excluding carboxylic acids is 1. The average Bonchev–Trinajstić information content (AvgIpc) is 2.42. The van der Waals surface area contributed by atoms with Gasteiger partial charge in [-0.1, -0.05) is 18.2 Å². The highest BCUT2D eigenvalue weighted by atomic mass is 35.5. The first-order valence-corrected chi connectivity index (χ1v) is 32.6. The van der Waals surface area contributed by atoms with E-state index in [1.807, 2.05) is 4.90 Å². The maximum Gasteiger partial charge on any atom is 0.297 e. The summed E-state index contributed by atoms with van der Waals surface area (Å²) in [5, 5.41) is 29.1. The van der Waals surface area contributed by atoms with Crippen LogP contribution in [0.2, 0.25) is 10.6 Å². The van der Waals surface area contributed by atoms with Gasteiger partial charge in [0, 0.05) is 74.1 Å². The van der Waals surface area contributed by atoms with Gasteiger partial charge in [-0.15, -0.1) is 10.2 Å². The van der Waals surface area contributed by atoms with Gasteiger partial charge >= 0.3 is 0 Å². The molecule has 12 N–H and O–H groups in total. The van der Waals surface area contributed by atoms with E-state index in [-0.39, 0.29) is 90.1 Å². The van der Waals surface area contributed by atoms with Crippen LogP contribution in [0.1, 0.15) is 6.92 Å². The van der Waals surface area contributed by atoms with Crippen molar-refractivity contribution in [1.29, 1.82) is 0 Å². The normalized spacial score (nSPS) is 13.6. The highest BCUT2D eigenvalue weighted by Gasteiger charge is 2.28. The Morgan fingerprint density at radius 2 is 1.25 bits per heavy atom. The van der Waals surface area contributed by atoms with Crippen LogP contribution in [0.15, 0.2) is 120 Å². The lowest BCUT2D eigenvalue weighted by Gasteiger charge is -2.34. The number of nitrogens with zero attached hydrogens (tertiary/aromatic N) is 10. The quantitative estimate of drug-likeness (QED) is 0.0218. The van der Waals surface area contributed by atoms with E-state index in [0.717, 1.165) is 18.2 Å². The molecule has 0 radical (unpaired) electrons. The maximum absolute atomic E-state index is 12.7. The summed E-state index contributed by atoms with van der Waals surface area (Å²) in [5.74, 6) is -1.11. The van der Waals surface area contributed by atoms with Crippen LogP contribution in [0.3, 0.4) is 0 Å². The second kappa shape index (κ2) is 24.9. The van der Waals surface area contributed by atoms with Crippen molar-refractivity contribution in [3.8, 4) is 11.5 Å². The molecule has 1 aliphatic rings. The van der Waals surface area contributed by atoms with Crippen LogP contribution >= 0.6 is 23.2 Å². The van der Waals surface area contributed by atoms with Crippen molar-refractivity contribution < 1.29 is 79.5 Å². The monoisotopic (exact) mass is 1350 g/mol. The molecule has 0 spiro atoms. The molecule has 9 rings (SSSR count). The number of phenols is 1. The van der Waals surface area contributed by atoms with E-state index in [0.29, 0.717) is 57.5 Å². The SMILES string of the molecule is COc1cc(NNc2ccc3c(S(=O)(=O)O)cccc3c2S(=O)(=O)O)c(NC(C)=O)cc1Nc1nc(Cl)nc(NCCN2CCN(c3nc(Cl)nc(Nc4ccc5c(O)c(N=Nc6cc(S(=O)(=O)O)ccc6S(=O)(=O)O)c(S(=O)(=O)O)cc5c4)n3)CC2)n1. The predicted molar refractivity (Wildman–Crippen MR) is 317 cm³/mol. The van der Waals surface area contributed by atoms with Crippen LogP contribution in [0.5, 0.6) is 11.5 Å². The second-order valence-electron chi connectivity index (χ2n) is 18.5. The fourth-order valence-corrected chi connectivity index (χ4v) is 12.5. The molecular formula is C47H44Cl2N16O18S5. The van der Waals surface area contributed by atoms with Crippen LogP contribution in [0.25, 0.3) is 21.5 Å². The van der Waals surface area contributed by atoms with E-state index in [4.69, 9.17) is 27.9 Å². The first-order valence-electron chi connectivity index (χ1n) is 24.6. The number of rotatable bonds is 21. The van der Waals surface area contributed by atoms with Gasteiger partial charge < -0.3 is 36.0 Å². The Morgan fingerprint density at radius 1 is 0.602 bits per heavy atom. The number of amides is 1. The fourth-order valence-electron chi connectivity index (χ4n) is 8.83. The van der Waals surface area contributed by atoms with E-state index in [1.165, 1.54) is 62.6 Å². The van der Waals surface area contributed by atoms with Gasteiger partial charge in [-0.3, -0.25) is 43.3 Å². The zero-order chi connectivity index (χ0) is 63.8. The average molecular weight is 1350 g/mol. The number of hydrogen-bond acceptors (Lipinski definition) is 28. The Balaban J connectivity index is 0.841. The van der Waals surface area contributed by atoms with E-state index in [1.54, 1.807) is 0 Å². The molecule has 2 aromatic heterocycles. The molecule has 34 nitrogen and oxygen atoms in total. The minimum atomic E-state index is -5.23. The highest BCUT2D eigenvalue weighted by molar-refractivity contribution is 7.87. The Bertz CT molecular complexity index is 4780. The van der Waals surface area contributed by atoms with E-state index >= 15 is 0 Å². The van der Waals surface area contributed by atoms with Gasteiger partial charge in [0.25, 0.3) is 50.6 Å². The zero-order valence-corrected chi connectivity index (χ0v) is 50.3. The number of azo groups is 1. The standard InChI is InChI=1S/C47H44Cl2N16O18S5/c1-23(66)51-31-21-33(35(83-2)22-32(31)61-60-30-10-9-28-29(41(30)88(80,81)82)4-3-5-36(28)85(71,72)73)53-46-55-42(48)54-44(58-46)50-12-13-64-14-16-65(17-15-64)47-57-43(49)56-45(59-47)52-25-6-8-27-24(18-25)19-38(87(77,78)79)39(40(27)67)63-62-34-20-26(84(68,69)70)7-11-37(34)86(74,75)76/h3-11,18-22,60-61,67H,12-17H2,1-2H3,(H,51,66)(H,68,69,70)(H,71,72,73)(H,74,75,76)(H,77,78,79)(H,80,81,82)(H,52,56,57,59)(H2,50,53,54,55,58). The third kappa shape index (κ3) is 14.9. The number of methoxy groups -OCH3 is 1. The number of aromatic hydroxyl groups is 1. The number of aromatic nitrogens is 6. The van der Waals surface area contributed by atoms with Crippen molar-refractivity contribution in [2.45, 2.75) is 31.4 Å². The van der Waals surface area contributed by atoms with Gasteiger partial charge in [-0.05, 0) is 89.3 Å². The summed E-state index contributed by atoms with van der Waals surface area (Å²) < 4.78 is 177. The summed E-state index contributed by atoms with van der Waals surface area (Å²) >= 11 is 12.7. The number of carbonyl (C=O) groups is 1. The number of phenolic OH excluding ortho intramolecular Hbond substituents is 1. The van der Waals surface area contributed by atoms with Crippen molar-refractivity contribution in [2.75, 3.05) is 83.4 Å². The molecule has 0 unspecified atom stereocenters. The molecule has 0 aliphatic carbocycles. The Kier molecular flexibility index (Phi) is 18.1. The van der Waals surface area contributed by atoms with Gasteiger partial charge in [0.1, 0.15) is 36.7 Å². The molecule has 1 saturated heterocycles. The summed E-state index contributed by atoms with van der Waals surface area (Å²) in [6.07, 6.45) is 0. The smallest absolute Gasteiger partial charge is 0.297 e. The van der Waals surface area contributed by atoms with Gasteiger partial charge in [-0.25, -0.2) is 0 Å². The lowest BCUT2D eigenvalue weighted by molar-refractivity contribution is -0.114. The third-order valence-corrected chi connectivity index (χ3v) is 17.5. The summed E-state index contributed by atoms with van der Waals surface area (Å²) in [7, 11) is -23.8. The molecule has 0 atom stereocenters. The first kappa shape index (κ1) is 63.9. The first-order chi connectivity index (χ1) is 41.2. The van der Waals surface area contributed by atoms with E-state index < -0.39 is 98.1 Å². The number of nitrogens with one attached hydrogen (secondary N) is 6. The summed E-state index contributed by atoms with van der Waals surface area (Å²) in [5.41, 5.74) is 4.00. The van der Waals surface area contributed by atoms with Crippen molar-refractivity contribution >= 4 is 165 Å². The molecule has 464 valence electrons. The van der Waals surface area contributed by atoms with E-state index in [2.05, 4.69) is 77.2 Å². The summed E-state index contributed by atoms with van der Waals surface area (Å²) in [4.78, 5) is 37.8. The molecule has 41 heteroatoms. The van der Waals surface area contributed by atoms with Gasteiger partial charge in [0.05, 0.1) is 34.8 Å². The number of fused-ring (bicyclic) bond motifs is 2. The largest absolute Gasteiger partial charge is 0.505 e. The Hall–Kier alpha value is -8.58. The number of hydrazine groups is 1. The maximum atomic E-state index is 12.7. The molecular weight excluding hydrogens is 1310 g/mol. The highest BCUT2D eigenvalue weighted by Crippen LogP contribution is 2.44. The third-order valence-electron chi connectivity index (χ3n) is 12.7. The predicted octanol–water partition coefficient (Wildman–Crippen LogP) is 6.15. The number of hydrogen-bond donors (Lipinski definition) is 12. The number of piperazine rings is 1. The second-order valence-corrected chi connectivity index (χ2v) is 26.1. The molecule has 1 aliphatic heterocycles. The zero-order valence-electron chi connectivity index (χ0n) is 44.7. The molecule has 88 heavy (non-hydrogen) atoms. The van der Waals surface area contributed by atoms with Gasteiger partial charge in [-0.2, -0.15) is 72.0 Å². The number of ether oxygens (including phenoxy) is 1. The summed E-state index contributed by atoms with van der Waals surface area (Å²) in [6.45, 7) is 3.91. The summed E-state index contributed by atoms with van der Waals surface area (Å²) in [6, 6.07) is 15.3. The molecule has 0 saturated carbocycles. The lowest BCUT2D eigenvalue weighted by atomic mass is 10.1. The number of benzene rings is 6. The van der Waals surface area contributed by atoms with Crippen molar-refractivity contribution in [2.24, 2.45) is 10.2 Å². The molecule has 1 fully saturated rings. The number of halogens is 2. The van der Waals surface area contributed by atoms with Crippen molar-refractivity contribution in [1.82, 2.24) is 34.8 Å². The molecule has 6 aromatic carbocycles. The van der Waals surface area contributed by atoms with Gasteiger partial charge in [0.2, 0.25) is 40.3 Å². The fraction of sp³-hybridized carbons (Fsp3) is 0.170. The van der Waals surface area contributed by atoms with Crippen LogP contribution in [-0.2, 0) is 55.4 Å². The number of anilines is 9. The molecule has 3 heterocycles. The van der Waals surface area contributed by atoms with E-state index in [9.17, 15) is 74.8 Å². The Morgan fingerprint density at radius 3 is 1.90 bits per heavy atom. The minimum absolute atomic E-state index is 0.0106. The Labute approximate surface area is 508 Å². The topological polar surface area (TPSA) is 499 Å². The van der Waals surface area contributed by atoms with Crippen LogP contribution < -0.4 is 41.8 Å². The van der Waals surface area contributed by atoms with Crippen LogP contribution in [0, 0.1) is 0 Å². The van der Waals surface area contributed by atoms with Crippen LogP contribution in [-0.4, -0.2) is 157 Å². The van der Waals surface area contributed by atoms with Gasteiger partial charge in [0.15, 0.2) is 5.75 Å². The minimum Gasteiger partial charge on any atom is -0.505 e.